The zero-order chi connectivity index (χ0) is 11.2. The van der Waals surface area contributed by atoms with Gasteiger partial charge < -0.3 is 5.32 Å². The minimum absolute atomic E-state index is 0. The van der Waals surface area contributed by atoms with Gasteiger partial charge in [-0.15, -0.1) is 0 Å². The van der Waals surface area contributed by atoms with Crippen molar-refractivity contribution in [2.75, 3.05) is 7.05 Å². The minimum atomic E-state index is 0. The molecule has 0 heterocycles. The summed E-state index contributed by atoms with van der Waals surface area (Å²) in [6, 6.07) is 0. The van der Waals surface area contributed by atoms with Crippen LogP contribution in [0.1, 0.15) is 67.1 Å². The second-order valence-corrected chi connectivity index (χ2v) is 3.19. The van der Waals surface area contributed by atoms with E-state index in [2.05, 4.69) is 12.2 Å². The molecule has 1 amide bonds. The Bertz CT molecular complexity index is 118. The molecule has 0 spiro atoms. The lowest BCUT2D eigenvalue weighted by Gasteiger charge is -1.99. The Kier molecular flexibility index (Phi) is 17.0. The molecule has 0 saturated heterocycles. The molecule has 0 aromatic carbocycles. The van der Waals surface area contributed by atoms with Crippen molar-refractivity contribution in [1.82, 2.24) is 5.32 Å². The van der Waals surface area contributed by atoms with E-state index < -0.39 is 0 Å². The van der Waals surface area contributed by atoms with Gasteiger partial charge in [0.15, 0.2) is 0 Å². The maximum Gasteiger partial charge on any atom is 0.219 e. The monoisotopic (exact) mass is 203 g/mol. The largest absolute Gasteiger partial charge is 0.359 e. The number of hydrogen-bond donors (Lipinski definition) is 1. The topological polar surface area (TPSA) is 29.1 Å². The van der Waals surface area contributed by atoms with Gasteiger partial charge in [0.05, 0.1) is 0 Å². The summed E-state index contributed by atoms with van der Waals surface area (Å²) in [5.41, 5.74) is 0. The van der Waals surface area contributed by atoms with Crippen LogP contribution in [0.2, 0.25) is 0 Å². The molecule has 0 aliphatic heterocycles. The van der Waals surface area contributed by atoms with Gasteiger partial charge >= 0.3 is 0 Å². The fraction of sp³-hybridized carbons (Fsp3) is 0.917. The van der Waals surface area contributed by atoms with Gasteiger partial charge in [0.2, 0.25) is 5.91 Å². The van der Waals surface area contributed by atoms with Gasteiger partial charge in [-0.3, -0.25) is 4.79 Å². The predicted octanol–water partition coefficient (Wildman–Crippen LogP) is 3.76. The van der Waals surface area contributed by atoms with Crippen LogP contribution in [0.25, 0.3) is 0 Å². The van der Waals surface area contributed by atoms with Crippen LogP contribution in [-0.4, -0.2) is 13.0 Å². The number of carbonyl (C=O) groups is 1. The lowest BCUT2D eigenvalue weighted by atomic mass is 10.1. The normalized spacial score (nSPS) is 8.86. The lowest BCUT2D eigenvalue weighted by Crippen LogP contribution is -2.16. The molecule has 0 radical (unpaired) electrons. The first-order chi connectivity index (χ1) is 6.81. The molecule has 0 bridgehead atoms. The molecule has 0 atom stereocenters. The molecule has 14 heavy (non-hydrogen) atoms. The molecule has 2 nitrogen and oxygen atoms in total. The van der Waals surface area contributed by atoms with E-state index in [9.17, 15) is 4.79 Å². The summed E-state index contributed by atoms with van der Waals surface area (Å²) in [5.74, 6) is 0.172. The SMILES string of the molecule is CC.CCCCCCCCC(=O)NC.[HH]. The molecule has 0 fully saturated rings. The first kappa shape index (κ1) is 15.9. The maximum atomic E-state index is 10.8. The third-order valence-electron chi connectivity index (χ3n) is 2.04. The fourth-order valence-corrected chi connectivity index (χ4v) is 1.19. The van der Waals surface area contributed by atoms with E-state index in [1.807, 2.05) is 13.8 Å². The highest BCUT2D eigenvalue weighted by atomic mass is 16.1. The Balaban J connectivity index is -0.000000449. The average Bonchev–Trinajstić information content (AvgIpc) is 2.25. The predicted molar refractivity (Wildman–Crippen MR) is 65.5 cm³/mol. The van der Waals surface area contributed by atoms with Crippen molar-refractivity contribution in [2.45, 2.75) is 65.7 Å². The molecule has 0 aliphatic carbocycles. The van der Waals surface area contributed by atoms with Gasteiger partial charge in [-0.05, 0) is 6.42 Å². The van der Waals surface area contributed by atoms with E-state index in [1.165, 1.54) is 32.1 Å². The average molecular weight is 203 g/mol. The van der Waals surface area contributed by atoms with Crippen molar-refractivity contribution in [3.63, 3.8) is 0 Å². The molecule has 0 saturated carbocycles. The lowest BCUT2D eigenvalue weighted by molar-refractivity contribution is -0.120. The van der Waals surface area contributed by atoms with E-state index in [1.54, 1.807) is 7.05 Å². The molecule has 0 aromatic heterocycles. The standard InChI is InChI=1S/C10H21NO.C2H6.H2/c1-3-4-5-6-7-8-9-10(12)11-2;1-2;/h3-9H2,1-2H3,(H,11,12);1-2H3;1H. The summed E-state index contributed by atoms with van der Waals surface area (Å²) in [6.07, 6.45) is 8.17. The van der Waals surface area contributed by atoms with E-state index in [-0.39, 0.29) is 7.33 Å². The van der Waals surface area contributed by atoms with Crippen LogP contribution >= 0.6 is 0 Å². The summed E-state index contributed by atoms with van der Waals surface area (Å²) in [5, 5.41) is 2.63. The maximum absolute atomic E-state index is 10.8. The summed E-state index contributed by atoms with van der Waals surface area (Å²) in [6.45, 7) is 6.21. The summed E-state index contributed by atoms with van der Waals surface area (Å²) in [7, 11) is 1.69. The molecule has 0 unspecified atom stereocenters. The van der Waals surface area contributed by atoms with E-state index in [0.29, 0.717) is 6.42 Å². The molecule has 0 aromatic rings. The highest BCUT2D eigenvalue weighted by Gasteiger charge is 1.96. The van der Waals surface area contributed by atoms with Crippen LogP contribution in [0.3, 0.4) is 0 Å². The van der Waals surface area contributed by atoms with Crippen molar-refractivity contribution in [3.05, 3.63) is 0 Å². The number of hydrogen-bond acceptors (Lipinski definition) is 1. The van der Waals surface area contributed by atoms with Crippen LogP contribution < -0.4 is 5.32 Å². The Labute approximate surface area is 91.0 Å². The molecule has 88 valence electrons. The van der Waals surface area contributed by atoms with Crippen LogP contribution in [0.5, 0.6) is 0 Å². The first-order valence-electron chi connectivity index (χ1n) is 6.01. The van der Waals surface area contributed by atoms with Crippen LogP contribution in [0.15, 0.2) is 0 Å². The Hall–Kier alpha value is -0.530. The van der Waals surface area contributed by atoms with E-state index in [0.717, 1.165) is 6.42 Å². The van der Waals surface area contributed by atoms with Gasteiger partial charge in [0.25, 0.3) is 0 Å². The third-order valence-corrected chi connectivity index (χ3v) is 2.04. The number of amides is 1. The van der Waals surface area contributed by atoms with Crippen molar-refractivity contribution in [1.29, 1.82) is 0 Å². The van der Waals surface area contributed by atoms with Gasteiger partial charge in [0, 0.05) is 14.9 Å². The molecule has 1 N–H and O–H groups in total. The third kappa shape index (κ3) is 14.0. The molecule has 0 rings (SSSR count). The van der Waals surface area contributed by atoms with Crippen LogP contribution in [-0.2, 0) is 4.79 Å². The van der Waals surface area contributed by atoms with Crippen molar-refractivity contribution >= 4 is 5.91 Å². The number of rotatable bonds is 7. The van der Waals surface area contributed by atoms with Gasteiger partial charge in [-0.25, -0.2) is 0 Å². The van der Waals surface area contributed by atoms with Crippen LogP contribution in [0.4, 0.5) is 0 Å². The number of unbranched alkanes of at least 4 members (excludes halogenated alkanes) is 5. The number of nitrogens with one attached hydrogen (secondary N) is 1. The second kappa shape index (κ2) is 15.0. The quantitative estimate of drug-likeness (QED) is 0.627. The summed E-state index contributed by atoms with van der Waals surface area (Å²) < 4.78 is 0. The van der Waals surface area contributed by atoms with Gasteiger partial charge in [-0.2, -0.15) is 0 Å². The van der Waals surface area contributed by atoms with Gasteiger partial charge in [0.1, 0.15) is 0 Å². The molecule has 2 heteroatoms. The first-order valence-corrected chi connectivity index (χ1v) is 6.01. The van der Waals surface area contributed by atoms with Crippen LogP contribution in [0, 0.1) is 0 Å². The Morgan fingerprint density at radius 2 is 1.57 bits per heavy atom. The second-order valence-electron chi connectivity index (χ2n) is 3.19. The molecule has 0 aliphatic rings. The highest BCUT2D eigenvalue weighted by Crippen LogP contribution is 2.06. The van der Waals surface area contributed by atoms with E-state index >= 15 is 0 Å². The smallest absolute Gasteiger partial charge is 0.219 e. The van der Waals surface area contributed by atoms with Crippen molar-refractivity contribution < 1.29 is 6.22 Å². The number of carbonyl (C=O) groups excluding carboxylic acids is 1. The zero-order valence-corrected chi connectivity index (χ0v) is 10.4. The summed E-state index contributed by atoms with van der Waals surface area (Å²) in [4.78, 5) is 10.8. The zero-order valence-electron chi connectivity index (χ0n) is 10.4. The fourth-order valence-electron chi connectivity index (χ4n) is 1.19. The van der Waals surface area contributed by atoms with E-state index in [4.69, 9.17) is 0 Å². The highest BCUT2D eigenvalue weighted by molar-refractivity contribution is 5.75. The molecular weight excluding hydrogens is 174 g/mol. The van der Waals surface area contributed by atoms with Gasteiger partial charge in [-0.1, -0.05) is 52.9 Å². The van der Waals surface area contributed by atoms with Crippen molar-refractivity contribution in [3.8, 4) is 0 Å². The molecular formula is C12H29NO. The summed E-state index contributed by atoms with van der Waals surface area (Å²) >= 11 is 0. The van der Waals surface area contributed by atoms with Crippen molar-refractivity contribution in [2.24, 2.45) is 0 Å². The Morgan fingerprint density at radius 1 is 1.07 bits per heavy atom. The Morgan fingerprint density at radius 3 is 2.07 bits per heavy atom. The minimum Gasteiger partial charge on any atom is -0.359 e.